The van der Waals surface area contributed by atoms with Gasteiger partial charge in [0.25, 0.3) is 5.22 Å². The summed E-state index contributed by atoms with van der Waals surface area (Å²) in [5.74, 6) is 1.23. The fraction of sp³-hybridized carbons (Fsp3) is 0.688. The van der Waals surface area contributed by atoms with Crippen LogP contribution in [-0.2, 0) is 21.1 Å². The van der Waals surface area contributed by atoms with Gasteiger partial charge in [0, 0.05) is 18.7 Å². The second kappa shape index (κ2) is 7.90. The SMILES string of the molecule is CCN(C(=O)CSc1nnc(C[C@H]2CCS(=O)(=O)C2)o1)C1=CCCC1. The number of nitrogens with zero attached hydrogens (tertiary/aromatic N) is 3. The number of carbonyl (C=O) groups excluding carboxylic acids is 1. The molecule has 1 aromatic heterocycles. The lowest BCUT2D eigenvalue weighted by Gasteiger charge is -2.21. The summed E-state index contributed by atoms with van der Waals surface area (Å²) in [4.78, 5) is 14.2. The van der Waals surface area contributed by atoms with E-state index in [1.807, 2.05) is 11.8 Å². The molecule has 7 nitrogen and oxygen atoms in total. The molecular weight excluding hydrogens is 362 g/mol. The molecule has 2 aliphatic rings. The highest BCUT2D eigenvalue weighted by molar-refractivity contribution is 7.99. The van der Waals surface area contributed by atoms with E-state index in [0.717, 1.165) is 25.0 Å². The molecule has 0 spiro atoms. The number of sulfone groups is 1. The Labute approximate surface area is 152 Å². The van der Waals surface area contributed by atoms with Gasteiger partial charge in [-0.15, -0.1) is 10.2 Å². The van der Waals surface area contributed by atoms with Crippen LogP contribution in [0.1, 0.15) is 38.5 Å². The Kier molecular flexibility index (Phi) is 5.83. The molecule has 1 amide bonds. The van der Waals surface area contributed by atoms with E-state index in [2.05, 4.69) is 16.3 Å². The first-order valence-electron chi connectivity index (χ1n) is 8.62. The number of hydrogen-bond donors (Lipinski definition) is 0. The first kappa shape index (κ1) is 18.4. The fourth-order valence-corrected chi connectivity index (χ4v) is 5.82. The quantitative estimate of drug-likeness (QED) is 0.663. The maximum Gasteiger partial charge on any atom is 0.277 e. The van der Waals surface area contributed by atoms with Crippen LogP contribution in [-0.4, -0.2) is 53.2 Å². The Balaban J connectivity index is 1.50. The largest absolute Gasteiger partial charge is 0.416 e. The topological polar surface area (TPSA) is 93.4 Å². The zero-order valence-corrected chi connectivity index (χ0v) is 15.9. The van der Waals surface area contributed by atoms with E-state index in [4.69, 9.17) is 4.42 Å². The Bertz CT molecular complexity index is 757. The van der Waals surface area contributed by atoms with Gasteiger partial charge in [-0.1, -0.05) is 17.8 Å². The van der Waals surface area contributed by atoms with Crippen molar-refractivity contribution in [1.29, 1.82) is 0 Å². The van der Waals surface area contributed by atoms with Gasteiger partial charge in [0.1, 0.15) is 0 Å². The van der Waals surface area contributed by atoms with Crippen molar-refractivity contribution < 1.29 is 17.6 Å². The van der Waals surface area contributed by atoms with Gasteiger partial charge in [0.2, 0.25) is 11.8 Å². The first-order chi connectivity index (χ1) is 12.0. The van der Waals surface area contributed by atoms with Crippen LogP contribution in [0, 0.1) is 5.92 Å². The second-order valence-corrected chi connectivity index (χ2v) is 9.60. The van der Waals surface area contributed by atoms with Crippen molar-refractivity contribution in [3.05, 3.63) is 17.7 Å². The Hall–Kier alpha value is -1.35. The van der Waals surface area contributed by atoms with Gasteiger partial charge in [-0.25, -0.2) is 8.42 Å². The molecule has 138 valence electrons. The smallest absolute Gasteiger partial charge is 0.277 e. The maximum atomic E-state index is 12.4. The van der Waals surface area contributed by atoms with Crippen molar-refractivity contribution in [2.45, 2.75) is 44.3 Å². The molecule has 1 aliphatic carbocycles. The summed E-state index contributed by atoms with van der Waals surface area (Å²) in [7, 11) is -2.90. The van der Waals surface area contributed by atoms with Crippen LogP contribution in [0.2, 0.25) is 0 Å². The highest BCUT2D eigenvalue weighted by Crippen LogP contribution is 2.25. The number of amides is 1. The molecule has 1 saturated heterocycles. The van der Waals surface area contributed by atoms with Gasteiger partial charge in [-0.3, -0.25) is 4.79 Å². The van der Waals surface area contributed by atoms with Crippen LogP contribution in [0.3, 0.4) is 0 Å². The minimum Gasteiger partial charge on any atom is -0.416 e. The molecule has 25 heavy (non-hydrogen) atoms. The van der Waals surface area contributed by atoms with E-state index < -0.39 is 9.84 Å². The molecule has 3 rings (SSSR count). The average molecular weight is 386 g/mol. The summed E-state index contributed by atoms with van der Waals surface area (Å²) in [5.41, 5.74) is 1.11. The Morgan fingerprint density at radius 1 is 1.44 bits per heavy atom. The minimum absolute atomic E-state index is 0.0438. The molecule has 2 heterocycles. The summed E-state index contributed by atoms with van der Waals surface area (Å²) in [6.07, 6.45) is 6.36. The summed E-state index contributed by atoms with van der Waals surface area (Å²) in [6, 6.07) is 0. The fourth-order valence-electron chi connectivity index (χ4n) is 3.30. The Morgan fingerprint density at radius 3 is 2.92 bits per heavy atom. The minimum atomic E-state index is -2.90. The van der Waals surface area contributed by atoms with Crippen molar-refractivity contribution in [3.63, 3.8) is 0 Å². The summed E-state index contributed by atoms with van der Waals surface area (Å²) in [5, 5.41) is 8.30. The highest BCUT2D eigenvalue weighted by atomic mass is 32.2. The third-order valence-electron chi connectivity index (χ3n) is 4.54. The first-order valence-corrected chi connectivity index (χ1v) is 11.4. The van der Waals surface area contributed by atoms with Gasteiger partial charge in [-0.2, -0.15) is 0 Å². The molecule has 0 radical (unpaired) electrons. The highest BCUT2D eigenvalue weighted by Gasteiger charge is 2.29. The van der Waals surface area contributed by atoms with Crippen LogP contribution >= 0.6 is 11.8 Å². The number of thioether (sulfide) groups is 1. The summed E-state index contributed by atoms with van der Waals surface area (Å²) < 4.78 is 28.6. The monoisotopic (exact) mass is 385 g/mol. The molecular formula is C16H23N3O4S2. The lowest BCUT2D eigenvalue weighted by molar-refractivity contribution is -0.126. The molecule has 1 aromatic rings. The molecule has 1 atom stereocenters. The van der Waals surface area contributed by atoms with E-state index in [0.29, 0.717) is 30.5 Å². The van der Waals surface area contributed by atoms with Gasteiger partial charge in [0.15, 0.2) is 9.84 Å². The molecule has 0 aromatic carbocycles. The van der Waals surface area contributed by atoms with Crippen molar-refractivity contribution in [1.82, 2.24) is 15.1 Å². The number of carbonyl (C=O) groups is 1. The van der Waals surface area contributed by atoms with E-state index in [1.165, 1.54) is 11.8 Å². The van der Waals surface area contributed by atoms with Crippen molar-refractivity contribution in [2.24, 2.45) is 5.92 Å². The number of rotatable bonds is 7. The van der Waals surface area contributed by atoms with Crippen molar-refractivity contribution in [3.8, 4) is 0 Å². The molecule has 9 heteroatoms. The zero-order valence-electron chi connectivity index (χ0n) is 14.3. The van der Waals surface area contributed by atoms with Gasteiger partial charge in [-0.05, 0) is 38.5 Å². The predicted octanol–water partition coefficient (Wildman–Crippen LogP) is 2.06. The van der Waals surface area contributed by atoms with Crippen LogP contribution < -0.4 is 0 Å². The Morgan fingerprint density at radius 2 is 2.28 bits per heavy atom. The normalized spacial score (nSPS) is 22.1. The van der Waals surface area contributed by atoms with Crippen LogP contribution in [0.25, 0.3) is 0 Å². The third-order valence-corrected chi connectivity index (χ3v) is 7.18. The number of aromatic nitrogens is 2. The van der Waals surface area contributed by atoms with Crippen molar-refractivity contribution >= 4 is 27.5 Å². The lowest BCUT2D eigenvalue weighted by atomic mass is 10.1. The molecule has 0 unspecified atom stereocenters. The molecule has 0 N–H and O–H groups in total. The second-order valence-electron chi connectivity index (χ2n) is 6.45. The standard InChI is InChI=1S/C16H23N3O4S2/c1-2-19(13-5-3-4-6-13)15(20)10-24-16-18-17-14(23-16)9-12-7-8-25(21,22)11-12/h5,12H,2-4,6-11H2,1H3/t12-/m1/s1. The summed E-state index contributed by atoms with van der Waals surface area (Å²) in [6.45, 7) is 2.64. The molecule has 0 bridgehead atoms. The summed E-state index contributed by atoms with van der Waals surface area (Å²) >= 11 is 1.23. The van der Waals surface area contributed by atoms with Gasteiger partial charge >= 0.3 is 0 Å². The van der Waals surface area contributed by atoms with E-state index >= 15 is 0 Å². The van der Waals surface area contributed by atoms with Crippen LogP contribution in [0.4, 0.5) is 0 Å². The van der Waals surface area contributed by atoms with Crippen LogP contribution in [0.15, 0.2) is 21.4 Å². The van der Waals surface area contributed by atoms with E-state index in [-0.39, 0.29) is 29.1 Å². The third kappa shape index (κ3) is 4.84. The maximum absolute atomic E-state index is 12.4. The van der Waals surface area contributed by atoms with Crippen molar-refractivity contribution in [2.75, 3.05) is 23.8 Å². The van der Waals surface area contributed by atoms with Gasteiger partial charge in [0.05, 0.1) is 17.3 Å². The molecule has 1 fully saturated rings. The zero-order chi connectivity index (χ0) is 17.9. The van der Waals surface area contributed by atoms with E-state index in [9.17, 15) is 13.2 Å². The molecule has 1 aliphatic heterocycles. The van der Waals surface area contributed by atoms with Gasteiger partial charge < -0.3 is 9.32 Å². The van der Waals surface area contributed by atoms with E-state index in [1.54, 1.807) is 0 Å². The average Bonchev–Trinajstić information content (AvgIpc) is 3.29. The number of allylic oxidation sites excluding steroid dienone is 2. The predicted molar refractivity (Wildman–Crippen MR) is 94.8 cm³/mol. The number of hydrogen-bond acceptors (Lipinski definition) is 7. The lowest BCUT2D eigenvalue weighted by Crippen LogP contribution is -2.31. The molecule has 0 saturated carbocycles. The van der Waals surface area contributed by atoms with Crippen LogP contribution in [0.5, 0.6) is 0 Å².